The lowest BCUT2D eigenvalue weighted by Gasteiger charge is -2.24. The molecule has 148 valence electrons. The van der Waals surface area contributed by atoms with Crippen LogP contribution in [0.2, 0.25) is 0 Å². The maximum atomic E-state index is 13.1. The van der Waals surface area contributed by atoms with Crippen molar-refractivity contribution >= 4 is 55.1 Å². The highest BCUT2D eigenvalue weighted by Gasteiger charge is 2.24. The molecule has 0 radical (unpaired) electrons. The number of hydrogen-bond donors (Lipinski definition) is 0. The first-order valence-corrected chi connectivity index (χ1v) is 10.5. The molecule has 9 heteroatoms. The van der Waals surface area contributed by atoms with Crippen molar-refractivity contribution < 1.29 is 19.2 Å². The highest BCUT2D eigenvalue weighted by atomic mass is 79.9. The number of ether oxygens (including phenoxy) is 1. The van der Waals surface area contributed by atoms with Crippen LogP contribution in [0.1, 0.15) is 15.4 Å². The maximum Gasteiger partial charge on any atom is 0.436 e. The number of ketones is 1. The minimum absolute atomic E-state index is 0.00451. The average Bonchev–Trinajstić information content (AvgIpc) is 3.17. The van der Waals surface area contributed by atoms with Crippen molar-refractivity contribution in [3.63, 3.8) is 0 Å². The van der Waals surface area contributed by atoms with Crippen LogP contribution in [0.15, 0.2) is 58.2 Å². The predicted octanol–water partition coefficient (Wildman–Crippen LogP) is 4.11. The number of amides is 1. The first kappa shape index (κ1) is 19.7. The van der Waals surface area contributed by atoms with Gasteiger partial charge in [0, 0.05) is 23.1 Å². The fourth-order valence-corrected chi connectivity index (χ4v) is 4.07. The Morgan fingerprint density at radius 1 is 1.14 bits per heavy atom. The smallest absolute Gasteiger partial charge is 0.378 e. The van der Waals surface area contributed by atoms with E-state index in [0.29, 0.717) is 36.9 Å². The molecule has 29 heavy (non-hydrogen) atoms. The lowest BCUT2D eigenvalue weighted by Crippen LogP contribution is -2.40. The molecule has 0 atom stereocenters. The highest BCUT2D eigenvalue weighted by molar-refractivity contribution is 9.10. The molecule has 0 N–H and O–H groups in total. The van der Waals surface area contributed by atoms with Gasteiger partial charge < -0.3 is 9.64 Å². The van der Waals surface area contributed by atoms with Crippen LogP contribution in [-0.4, -0.2) is 53.8 Å². The predicted molar refractivity (Wildman–Crippen MR) is 114 cm³/mol. The molecule has 0 saturated carbocycles. The second kappa shape index (κ2) is 8.81. The molecule has 0 spiro atoms. The zero-order chi connectivity index (χ0) is 20.2. The molecule has 7 nitrogen and oxygen atoms in total. The van der Waals surface area contributed by atoms with Gasteiger partial charge in [-0.3, -0.25) is 9.63 Å². The number of thiazole rings is 1. The van der Waals surface area contributed by atoms with E-state index in [1.54, 1.807) is 24.3 Å². The van der Waals surface area contributed by atoms with Crippen molar-refractivity contribution in [2.75, 3.05) is 26.3 Å². The molecule has 3 aromatic rings. The number of nitrogens with zero attached hydrogens (tertiary/aromatic N) is 3. The van der Waals surface area contributed by atoms with Gasteiger partial charge in [0.25, 0.3) is 0 Å². The van der Waals surface area contributed by atoms with Gasteiger partial charge in [-0.05, 0) is 18.2 Å². The number of halogens is 1. The van der Waals surface area contributed by atoms with Gasteiger partial charge in [-0.15, -0.1) is 11.3 Å². The Kier molecular flexibility index (Phi) is 5.98. The molecule has 1 saturated heterocycles. The molecule has 1 aliphatic heterocycles. The summed E-state index contributed by atoms with van der Waals surface area (Å²) in [5, 5.41) is 4.32. The standard InChI is InChI=1S/C20H16BrN3O4S/c21-14-6-7-16-15(12-14)22-19(29-16)17(18(25)13-4-2-1-3-5-13)23-28-20(26)24-8-10-27-11-9-24/h1-7,12H,8-11H2/b23-17+. The maximum absolute atomic E-state index is 13.1. The first-order valence-electron chi connectivity index (χ1n) is 8.90. The van der Waals surface area contributed by atoms with Crippen LogP contribution in [0, 0.1) is 0 Å². The lowest BCUT2D eigenvalue weighted by molar-refractivity contribution is 0.0279. The molecule has 1 aliphatic rings. The van der Waals surface area contributed by atoms with Gasteiger partial charge in [-0.1, -0.05) is 51.4 Å². The Bertz CT molecular complexity index is 1080. The number of hydrogen-bond acceptors (Lipinski definition) is 7. The number of carbonyl (C=O) groups excluding carboxylic acids is 2. The summed E-state index contributed by atoms with van der Waals surface area (Å²) in [7, 11) is 0. The van der Waals surface area contributed by atoms with Crippen molar-refractivity contribution in [1.29, 1.82) is 0 Å². The van der Waals surface area contributed by atoms with Crippen LogP contribution in [0.25, 0.3) is 10.2 Å². The van der Waals surface area contributed by atoms with E-state index in [9.17, 15) is 9.59 Å². The molecule has 1 amide bonds. The Balaban J connectivity index is 1.68. The van der Waals surface area contributed by atoms with E-state index in [1.165, 1.54) is 16.2 Å². The van der Waals surface area contributed by atoms with Crippen molar-refractivity contribution in [3.05, 3.63) is 63.6 Å². The fourth-order valence-electron chi connectivity index (χ4n) is 2.79. The lowest BCUT2D eigenvalue weighted by atomic mass is 10.1. The van der Waals surface area contributed by atoms with Gasteiger partial charge in [-0.2, -0.15) is 0 Å². The second-order valence-corrected chi connectivity index (χ2v) is 8.17. The van der Waals surface area contributed by atoms with Gasteiger partial charge in [0.1, 0.15) is 0 Å². The molecular weight excluding hydrogens is 458 g/mol. The Morgan fingerprint density at radius 2 is 1.90 bits per heavy atom. The molecule has 0 bridgehead atoms. The highest BCUT2D eigenvalue weighted by Crippen LogP contribution is 2.26. The molecule has 0 aliphatic carbocycles. The quantitative estimate of drug-likeness (QED) is 0.246. The second-order valence-electron chi connectivity index (χ2n) is 6.22. The van der Waals surface area contributed by atoms with Crippen LogP contribution in [0.3, 0.4) is 0 Å². The van der Waals surface area contributed by atoms with Crippen molar-refractivity contribution in [2.24, 2.45) is 5.16 Å². The molecular formula is C20H16BrN3O4S. The first-order chi connectivity index (χ1) is 14.1. The molecule has 1 fully saturated rings. The van der Waals surface area contributed by atoms with E-state index >= 15 is 0 Å². The van der Waals surface area contributed by atoms with E-state index in [0.717, 1.165) is 14.7 Å². The average molecular weight is 474 g/mol. The Hall–Kier alpha value is -2.62. The van der Waals surface area contributed by atoms with Crippen molar-refractivity contribution in [2.45, 2.75) is 0 Å². The van der Waals surface area contributed by atoms with Crippen LogP contribution in [-0.2, 0) is 9.57 Å². The number of rotatable bonds is 4. The van der Waals surface area contributed by atoms with Crippen LogP contribution < -0.4 is 0 Å². The van der Waals surface area contributed by atoms with Crippen molar-refractivity contribution in [1.82, 2.24) is 9.88 Å². The minimum atomic E-state index is -0.615. The summed E-state index contributed by atoms with van der Waals surface area (Å²) in [6.07, 6.45) is -0.615. The summed E-state index contributed by atoms with van der Waals surface area (Å²) < 4.78 is 7.01. The van der Waals surface area contributed by atoms with Crippen LogP contribution in [0.5, 0.6) is 0 Å². The van der Waals surface area contributed by atoms with E-state index < -0.39 is 6.09 Å². The number of fused-ring (bicyclic) bond motifs is 1. The number of oxime groups is 1. The van der Waals surface area contributed by atoms with Gasteiger partial charge in [0.2, 0.25) is 5.78 Å². The molecule has 4 rings (SSSR count). The number of aromatic nitrogens is 1. The monoisotopic (exact) mass is 473 g/mol. The largest absolute Gasteiger partial charge is 0.436 e. The summed E-state index contributed by atoms with van der Waals surface area (Å²) >= 11 is 4.74. The topological polar surface area (TPSA) is 81.1 Å². The van der Waals surface area contributed by atoms with E-state index in [-0.39, 0.29) is 11.5 Å². The summed E-state index contributed by atoms with van der Waals surface area (Å²) in [5.41, 5.74) is 1.16. The zero-order valence-corrected chi connectivity index (χ0v) is 17.6. The Labute approximate surface area is 179 Å². The van der Waals surface area contributed by atoms with Gasteiger partial charge in [-0.25, -0.2) is 9.78 Å². The minimum Gasteiger partial charge on any atom is -0.378 e. The molecule has 2 heterocycles. The van der Waals surface area contributed by atoms with E-state index in [4.69, 9.17) is 9.57 Å². The number of carbonyl (C=O) groups is 2. The number of morpholine rings is 1. The van der Waals surface area contributed by atoms with Gasteiger partial charge in [0.15, 0.2) is 10.7 Å². The zero-order valence-electron chi connectivity index (χ0n) is 15.2. The van der Waals surface area contributed by atoms with Crippen LogP contribution in [0.4, 0.5) is 4.79 Å². The number of benzene rings is 2. The Morgan fingerprint density at radius 3 is 2.66 bits per heavy atom. The SMILES string of the molecule is O=C(/C(=N\OC(=O)N1CCOCC1)c1nc2cc(Br)ccc2s1)c1ccccc1. The van der Waals surface area contributed by atoms with Gasteiger partial charge >= 0.3 is 6.09 Å². The summed E-state index contributed by atoms with van der Waals surface area (Å²) in [6.45, 7) is 1.74. The third-order valence-electron chi connectivity index (χ3n) is 4.29. The summed E-state index contributed by atoms with van der Waals surface area (Å²) in [5.74, 6) is -0.363. The fraction of sp³-hybridized carbons (Fsp3) is 0.200. The van der Waals surface area contributed by atoms with E-state index in [2.05, 4.69) is 26.1 Å². The normalized spacial score (nSPS) is 14.8. The third-order valence-corrected chi connectivity index (χ3v) is 5.82. The molecule has 0 unspecified atom stereocenters. The van der Waals surface area contributed by atoms with Gasteiger partial charge in [0.05, 0.1) is 23.4 Å². The third kappa shape index (κ3) is 4.52. The van der Waals surface area contributed by atoms with Crippen LogP contribution >= 0.6 is 27.3 Å². The summed E-state index contributed by atoms with van der Waals surface area (Å²) in [6, 6.07) is 14.4. The van der Waals surface area contributed by atoms with Crippen molar-refractivity contribution in [3.8, 4) is 0 Å². The summed E-state index contributed by atoms with van der Waals surface area (Å²) in [4.78, 5) is 36.5. The number of Topliss-reactive ketones (excluding diaryl/α,β-unsaturated/α-hetero) is 1. The van der Waals surface area contributed by atoms with E-state index in [1.807, 2.05) is 24.3 Å². The molecule has 2 aromatic carbocycles. The molecule has 1 aromatic heterocycles.